The van der Waals surface area contributed by atoms with Gasteiger partial charge in [-0.05, 0) is 5.56 Å². The van der Waals surface area contributed by atoms with Crippen LogP contribution in [-0.4, -0.2) is 36.4 Å². The van der Waals surface area contributed by atoms with E-state index in [9.17, 15) is 13.6 Å². The standard InChI is InChI=1S/C12H13F2NO2.ClH/c13-10-6-15(7-11(10)14)12(16)17-8-9-4-2-1-3-5-9;/h1-5,10-11H,6-8H2;1H. The Kier molecular flexibility index (Phi) is 5.34. The first-order valence-electron chi connectivity index (χ1n) is 5.40. The van der Waals surface area contributed by atoms with Gasteiger partial charge in [-0.25, -0.2) is 13.6 Å². The summed E-state index contributed by atoms with van der Waals surface area (Å²) in [7, 11) is 0. The van der Waals surface area contributed by atoms with Crippen molar-refractivity contribution in [3.63, 3.8) is 0 Å². The SMILES string of the molecule is Cl.O=C(OCc1ccccc1)N1CC(F)C(F)C1. The van der Waals surface area contributed by atoms with Gasteiger partial charge in [0.15, 0.2) is 12.3 Å². The lowest BCUT2D eigenvalue weighted by Crippen LogP contribution is -2.29. The maximum Gasteiger partial charge on any atom is 0.410 e. The number of rotatable bonds is 2. The van der Waals surface area contributed by atoms with E-state index in [0.29, 0.717) is 0 Å². The highest BCUT2D eigenvalue weighted by Crippen LogP contribution is 2.17. The van der Waals surface area contributed by atoms with Crippen LogP contribution < -0.4 is 0 Å². The van der Waals surface area contributed by atoms with Crippen LogP contribution >= 0.6 is 12.4 Å². The van der Waals surface area contributed by atoms with Crippen molar-refractivity contribution in [2.24, 2.45) is 0 Å². The van der Waals surface area contributed by atoms with Crippen molar-refractivity contribution in [1.29, 1.82) is 0 Å². The summed E-state index contributed by atoms with van der Waals surface area (Å²) in [5.41, 5.74) is 0.841. The average molecular weight is 278 g/mol. The molecule has 2 atom stereocenters. The second-order valence-corrected chi connectivity index (χ2v) is 3.98. The first kappa shape index (κ1) is 14.7. The zero-order chi connectivity index (χ0) is 12.3. The van der Waals surface area contributed by atoms with E-state index >= 15 is 0 Å². The number of nitrogens with zero attached hydrogens (tertiary/aromatic N) is 1. The van der Waals surface area contributed by atoms with Gasteiger partial charge in [-0.1, -0.05) is 30.3 Å². The Hall–Kier alpha value is -1.36. The second kappa shape index (κ2) is 6.54. The van der Waals surface area contributed by atoms with Crippen LogP contribution in [0.1, 0.15) is 5.56 Å². The van der Waals surface area contributed by atoms with E-state index in [-0.39, 0.29) is 32.1 Å². The molecular weight excluding hydrogens is 264 g/mol. The molecule has 1 aromatic carbocycles. The molecule has 1 fully saturated rings. The van der Waals surface area contributed by atoms with Crippen molar-refractivity contribution < 1.29 is 18.3 Å². The number of amides is 1. The summed E-state index contributed by atoms with van der Waals surface area (Å²) >= 11 is 0. The molecule has 0 spiro atoms. The van der Waals surface area contributed by atoms with E-state index in [2.05, 4.69) is 0 Å². The number of ether oxygens (including phenoxy) is 1. The van der Waals surface area contributed by atoms with Crippen molar-refractivity contribution >= 4 is 18.5 Å². The topological polar surface area (TPSA) is 29.5 Å². The van der Waals surface area contributed by atoms with Crippen LogP contribution in [0.5, 0.6) is 0 Å². The van der Waals surface area contributed by atoms with E-state index in [4.69, 9.17) is 4.74 Å². The Balaban J connectivity index is 0.00000162. The minimum atomic E-state index is -1.60. The van der Waals surface area contributed by atoms with Crippen LogP contribution in [0.15, 0.2) is 30.3 Å². The zero-order valence-corrected chi connectivity index (χ0v) is 10.4. The van der Waals surface area contributed by atoms with Crippen molar-refractivity contribution in [3.05, 3.63) is 35.9 Å². The molecule has 1 aliphatic rings. The van der Waals surface area contributed by atoms with E-state index in [1.54, 1.807) is 0 Å². The lowest BCUT2D eigenvalue weighted by atomic mass is 10.2. The Morgan fingerprint density at radius 3 is 2.33 bits per heavy atom. The molecule has 2 unspecified atom stereocenters. The van der Waals surface area contributed by atoms with E-state index < -0.39 is 18.4 Å². The molecule has 1 heterocycles. The predicted octanol–water partition coefficient (Wildman–Crippen LogP) is 2.74. The third-order valence-corrected chi connectivity index (χ3v) is 2.65. The fourth-order valence-electron chi connectivity index (χ4n) is 1.68. The van der Waals surface area contributed by atoms with Crippen LogP contribution in [0.4, 0.5) is 13.6 Å². The highest BCUT2D eigenvalue weighted by molar-refractivity contribution is 5.85. The van der Waals surface area contributed by atoms with Gasteiger partial charge < -0.3 is 9.64 Å². The Morgan fingerprint density at radius 1 is 1.22 bits per heavy atom. The highest BCUT2D eigenvalue weighted by atomic mass is 35.5. The van der Waals surface area contributed by atoms with Crippen molar-refractivity contribution in [2.75, 3.05) is 13.1 Å². The van der Waals surface area contributed by atoms with E-state index in [1.165, 1.54) is 0 Å². The molecule has 0 saturated carbocycles. The summed E-state index contributed by atoms with van der Waals surface area (Å²) in [5.74, 6) is 0. The molecule has 100 valence electrons. The molecule has 1 aliphatic heterocycles. The van der Waals surface area contributed by atoms with Crippen LogP contribution in [-0.2, 0) is 11.3 Å². The van der Waals surface area contributed by atoms with Gasteiger partial charge in [0.1, 0.15) is 6.61 Å². The highest BCUT2D eigenvalue weighted by Gasteiger charge is 2.36. The number of likely N-dealkylation sites (tertiary alicyclic amines) is 1. The number of carbonyl (C=O) groups is 1. The number of alkyl halides is 2. The van der Waals surface area contributed by atoms with Crippen LogP contribution in [0, 0.1) is 0 Å². The summed E-state index contributed by atoms with van der Waals surface area (Å²) in [6, 6.07) is 9.13. The quantitative estimate of drug-likeness (QED) is 0.832. The van der Waals surface area contributed by atoms with Crippen LogP contribution in [0.3, 0.4) is 0 Å². The zero-order valence-electron chi connectivity index (χ0n) is 9.59. The summed E-state index contributed by atoms with van der Waals surface area (Å²) in [6.45, 7) is -0.340. The number of benzene rings is 1. The molecule has 0 aromatic heterocycles. The smallest absolute Gasteiger partial charge is 0.410 e. The normalized spacial score (nSPS) is 22.4. The van der Waals surface area contributed by atoms with Gasteiger partial charge >= 0.3 is 6.09 Å². The molecule has 18 heavy (non-hydrogen) atoms. The number of hydrogen-bond donors (Lipinski definition) is 0. The molecule has 1 amide bonds. The number of hydrogen-bond acceptors (Lipinski definition) is 2. The van der Waals surface area contributed by atoms with Gasteiger partial charge in [0, 0.05) is 0 Å². The molecule has 0 N–H and O–H groups in total. The first-order valence-corrected chi connectivity index (χ1v) is 5.40. The largest absolute Gasteiger partial charge is 0.445 e. The summed E-state index contributed by atoms with van der Waals surface area (Å²) in [4.78, 5) is 12.5. The van der Waals surface area contributed by atoms with Gasteiger partial charge in [0.25, 0.3) is 0 Å². The first-order chi connectivity index (χ1) is 8.16. The molecule has 1 saturated heterocycles. The Labute approximate surface area is 110 Å². The third kappa shape index (κ3) is 3.57. The second-order valence-electron chi connectivity index (χ2n) is 3.98. The summed E-state index contributed by atoms with van der Waals surface area (Å²) in [5, 5.41) is 0. The van der Waals surface area contributed by atoms with Gasteiger partial charge in [0.05, 0.1) is 13.1 Å². The minimum Gasteiger partial charge on any atom is -0.445 e. The minimum absolute atomic E-state index is 0. The predicted molar refractivity (Wildman–Crippen MR) is 65.2 cm³/mol. The molecular formula is C12H14ClF2NO2. The fourth-order valence-corrected chi connectivity index (χ4v) is 1.68. The van der Waals surface area contributed by atoms with Crippen molar-refractivity contribution in [1.82, 2.24) is 4.90 Å². The molecule has 2 rings (SSSR count). The third-order valence-electron chi connectivity index (χ3n) is 2.65. The fraction of sp³-hybridized carbons (Fsp3) is 0.417. The van der Waals surface area contributed by atoms with Crippen LogP contribution in [0.2, 0.25) is 0 Å². The van der Waals surface area contributed by atoms with E-state index in [1.807, 2.05) is 30.3 Å². The van der Waals surface area contributed by atoms with E-state index in [0.717, 1.165) is 10.5 Å². The molecule has 0 aliphatic carbocycles. The maximum atomic E-state index is 12.9. The molecule has 0 radical (unpaired) electrons. The lowest BCUT2D eigenvalue weighted by molar-refractivity contribution is 0.101. The van der Waals surface area contributed by atoms with Gasteiger partial charge in [-0.15, -0.1) is 12.4 Å². The monoisotopic (exact) mass is 277 g/mol. The molecule has 0 bridgehead atoms. The molecule has 6 heteroatoms. The molecule has 3 nitrogen and oxygen atoms in total. The maximum absolute atomic E-state index is 12.9. The van der Waals surface area contributed by atoms with Crippen molar-refractivity contribution in [3.8, 4) is 0 Å². The summed E-state index contributed by atoms with van der Waals surface area (Å²) < 4.78 is 30.7. The number of carbonyl (C=O) groups excluding carboxylic acids is 1. The van der Waals surface area contributed by atoms with Gasteiger partial charge in [-0.3, -0.25) is 0 Å². The van der Waals surface area contributed by atoms with Crippen LogP contribution in [0.25, 0.3) is 0 Å². The van der Waals surface area contributed by atoms with Crippen molar-refractivity contribution in [2.45, 2.75) is 19.0 Å². The van der Waals surface area contributed by atoms with Gasteiger partial charge in [0.2, 0.25) is 0 Å². The Bertz CT molecular complexity index is 381. The average Bonchev–Trinajstić information content (AvgIpc) is 2.68. The lowest BCUT2D eigenvalue weighted by Gasteiger charge is -2.14. The Morgan fingerprint density at radius 2 is 1.78 bits per heavy atom. The summed E-state index contributed by atoms with van der Waals surface area (Å²) in [6.07, 6.45) is -3.87. The molecule has 1 aromatic rings. The number of halogens is 3. The van der Waals surface area contributed by atoms with Gasteiger partial charge in [-0.2, -0.15) is 0 Å².